The van der Waals surface area contributed by atoms with E-state index in [2.05, 4.69) is 10.1 Å². The Balaban J connectivity index is 1.82. The Bertz CT molecular complexity index is 1530. The fourth-order valence-electron chi connectivity index (χ4n) is 3.68. The van der Waals surface area contributed by atoms with Crippen LogP contribution in [0.4, 0.5) is 17.6 Å². The van der Waals surface area contributed by atoms with E-state index < -0.39 is 43.0 Å². The number of benzene rings is 2. The SMILES string of the molecule is C[C@H](O)c1nc(Cn2c(Cl)c(-c3ccc(Cl)cc3)n(C[C@H](O)C(F)(F)F)c2=O)nn1-c1ccc(Cl)c(F)c1. The van der Waals surface area contributed by atoms with Gasteiger partial charge in [0, 0.05) is 16.7 Å². The molecule has 0 radical (unpaired) electrons. The monoisotopic (exact) mass is 593 g/mol. The topological polar surface area (TPSA) is 98.1 Å². The van der Waals surface area contributed by atoms with Crippen LogP contribution in [0.25, 0.3) is 16.9 Å². The molecule has 0 aliphatic carbocycles. The average Bonchev–Trinajstić information content (AvgIpc) is 3.36. The van der Waals surface area contributed by atoms with Crippen LogP contribution in [0.15, 0.2) is 47.3 Å². The number of hydrogen-bond acceptors (Lipinski definition) is 5. The van der Waals surface area contributed by atoms with Crippen LogP contribution in [0, 0.1) is 5.82 Å². The molecule has 0 bridgehead atoms. The largest absolute Gasteiger partial charge is 0.416 e. The van der Waals surface area contributed by atoms with E-state index in [1.54, 1.807) is 0 Å². The molecule has 2 aromatic heterocycles. The summed E-state index contributed by atoms with van der Waals surface area (Å²) in [5, 5.41) is 24.1. The summed E-state index contributed by atoms with van der Waals surface area (Å²) in [7, 11) is 0. The Hall–Kier alpha value is -2.90. The van der Waals surface area contributed by atoms with Crippen LogP contribution in [0.1, 0.15) is 24.7 Å². The van der Waals surface area contributed by atoms with Crippen molar-refractivity contribution < 1.29 is 27.8 Å². The highest BCUT2D eigenvalue weighted by atomic mass is 35.5. The Kier molecular flexibility index (Phi) is 7.91. The molecule has 4 aromatic rings. The Morgan fingerprint density at radius 2 is 1.68 bits per heavy atom. The fraction of sp³-hybridized carbons (Fsp3) is 0.261. The molecule has 0 saturated carbocycles. The molecule has 2 N–H and O–H groups in total. The molecule has 0 aliphatic heterocycles. The van der Waals surface area contributed by atoms with Gasteiger partial charge in [-0.2, -0.15) is 13.2 Å². The summed E-state index contributed by atoms with van der Waals surface area (Å²) in [6.45, 7) is -0.155. The minimum atomic E-state index is -4.99. The zero-order chi connectivity index (χ0) is 27.9. The summed E-state index contributed by atoms with van der Waals surface area (Å²) in [6.07, 6.45) is -9.01. The Labute approximate surface area is 227 Å². The first kappa shape index (κ1) is 28.1. The van der Waals surface area contributed by atoms with Gasteiger partial charge in [0.25, 0.3) is 0 Å². The highest BCUT2D eigenvalue weighted by Gasteiger charge is 2.39. The minimum Gasteiger partial charge on any atom is -0.385 e. The van der Waals surface area contributed by atoms with Crippen molar-refractivity contribution in [2.24, 2.45) is 0 Å². The third-order valence-corrected chi connectivity index (χ3v) is 6.45. The van der Waals surface area contributed by atoms with Crippen LogP contribution in [0.5, 0.6) is 0 Å². The van der Waals surface area contributed by atoms with Gasteiger partial charge in [0.15, 0.2) is 17.8 Å². The molecule has 0 spiro atoms. The second-order valence-electron chi connectivity index (χ2n) is 8.26. The molecule has 0 saturated heterocycles. The van der Waals surface area contributed by atoms with Crippen LogP contribution in [0.3, 0.4) is 0 Å². The van der Waals surface area contributed by atoms with Crippen LogP contribution >= 0.6 is 34.8 Å². The normalized spacial score (nSPS) is 13.6. The lowest BCUT2D eigenvalue weighted by Gasteiger charge is -2.16. The summed E-state index contributed by atoms with van der Waals surface area (Å²) in [5.74, 6) is -0.808. The van der Waals surface area contributed by atoms with Gasteiger partial charge < -0.3 is 10.2 Å². The van der Waals surface area contributed by atoms with Crippen LogP contribution in [0.2, 0.25) is 15.2 Å². The summed E-state index contributed by atoms with van der Waals surface area (Å²) in [5.41, 5.74) is -0.625. The number of halogens is 7. The fourth-order valence-corrected chi connectivity index (χ4v) is 4.27. The van der Waals surface area contributed by atoms with Crippen molar-refractivity contribution >= 4 is 34.8 Å². The number of rotatable bonds is 7. The van der Waals surface area contributed by atoms with E-state index in [0.717, 1.165) is 15.3 Å². The summed E-state index contributed by atoms with van der Waals surface area (Å²) in [4.78, 5) is 17.5. The smallest absolute Gasteiger partial charge is 0.385 e. The Morgan fingerprint density at radius 1 is 1.03 bits per heavy atom. The van der Waals surface area contributed by atoms with Gasteiger partial charge in [-0.25, -0.2) is 18.9 Å². The summed E-state index contributed by atoms with van der Waals surface area (Å²) < 4.78 is 56.2. The molecule has 0 aliphatic rings. The van der Waals surface area contributed by atoms with E-state index in [9.17, 15) is 32.6 Å². The standard InChI is InChI=1S/C23H18Cl3F4N5O3/c1-11(36)21-31-18(32-35(21)14-6-7-15(25)16(27)8-14)10-34-20(26)19(12-2-4-13(24)5-3-12)33(22(34)38)9-17(37)23(28,29)30/h2-8,11,17,36-37H,9-10H2,1H3/t11-,17-/m0/s1. The molecular weight excluding hydrogens is 577 g/mol. The second kappa shape index (κ2) is 10.7. The molecule has 2 aromatic carbocycles. The molecular formula is C23H18Cl3F4N5O3. The predicted octanol–water partition coefficient (Wildman–Crippen LogP) is 5.02. The lowest BCUT2D eigenvalue weighted by atomic mass is 10.1. The van der Waals surface area contributed by atoms with E-state index in [1.165, 1.54) is 43.3 Å². The zero-order valence-electron chi connectivity index (χ0n) is 19.3. The van der Waals surface area contributed by atoms with E-state index in [-0.39, 0.29) is 38.8 Å². The first-order valence-electron chi connectivity index (χ1n) is 10.9. The first-order valence-corrected chi connectivity index (χ1v) is 12.0. The molecule has 0 unspecified atom stereocenters. The van der Waals surface area contributed by atoms with Crippen LogP contribution < -0.4 is 5.69 Å². The number of aliphatic hydroxyl groups excluding tert-OH is 2. The van der Waals surface area contributed by atoms with E-state index in [4.69, 9.17) is 34.8 Å². The van der Waals surface area contributed by atoms with Crippen molar-refractivity contribution in [2.75, 3.05) is 0 Å². The van der Waals surface area contributed by atoms with Gasteiger partial charge in [0.1, 0.15) is 17.1 Å². The van der Waals surface area contributed by atoms with Gasteiger partial charge in [-0.3, -0.25) is 9.13 Å². The number of hydrogen-bond donors (Lipinski definition) is 2. The summed E-state index contributed by atoms with van der Waals surface area (Å²) >= 11 is 18.1. The van der Waals surface area contributed by atoms with Crippen LogP contribution in [-0.4, -0.2) is 46.4 Å². The molecule has 2 heterocycles. The predicted molar refractivity (Wildman–Crippen MR) is 132 cm³/mol. The molecule has 38 heavy (non-hydrogen) atoms. The molecule has 2 atom stereocenters. The third-order valence-electron chi connectivity index (χ3n) is 5.51. The van der Waals surface area contributed by atoms with Gasteiger partial charge in [-0.1, -0.05) is 46.9 Å². The lowest BCUT2D eigenvalue weighted by Crippen LogP contribution is -2.37. The van der Waals surface area contributed by atoms with Gasteiger partial charge in [0.05, 0.1) is 29.5 Å². The molecule has 0 fully saturated rings. The molecule has 15 heteroatoms. The lowest BCUT2D eigenvalue weighted by molar-refractivity contribution is -0.207. The Morgan fingerprint density at radius 3 is 2.26 bits per heavy atom. The molecule has 202 valence electrons. The van der Waals surface area contributed by atoms with Crippen LogP contribution in [-0.2, 0) is 13.1 Å². The van der Waals surface area contributed by atoms with E-state index in [0.29, 0.717) is 9.59 Å². The minimum absolute atomic E-state index is 0.00394. The third kappa shape index (κ3) is 5.59. The quantitative estimate of drug-likeness (QED) is 0.293. The van der Waals surface area contributed by atoms with Gasteiger partial charge in [-0.05, 0) is 31.2 Å². The van der Waals surface area contributed by atoms with E-state index >= 15 is 0 Å². The highest BCUT2D eigenvalue weighted by molar-refractivity contribution is 6.32. The van der Waals surface area contributed by atoms with Gasteiger partial charge >= 0.3 is 11.9 Å². The van der Waals surface area contributed by atoms with Crippen molar-refractivity contribution in [3.63, 3.8) is 0 Å². The second-order valence-corrected chi connectivity index (χ2v) is 9.46. The maximum Gasteiger partial charge on any atom is 0.416 e. The number of alkyl halides is 3. The highest BCUT2D eigenvalue weighted by Crippen LogP contribution is 2.31. The molecule has 4 rings (SSSR count). The van der Waals surface area contributed by atoms with Crippen molar-refractivity contribution in [3.8, 4) is 16.9 Å². The average molecular weight is 595 g/mol. The van der Waals surface area contributed by atoms with Crippen molar-refractivity contribution in [1.82, 2.24) is 23.9 Å². The van der Waals surface area contributed by atoms with Crippen molar-refractivity contribution in [3.05, 3.63) is 85.6 Å². The number of nitrogens with zero attached hydrogens (tertiary/aromatic N) is 5. The number of aliphatic hydroxyl groups is 2. The van der Waals surface area contributed by atoms with Crippen molar-refractivity contribution in [2.45, 2.75) is 38.4 Å². The van der Waals surface area contributed by atoms with Gasteiger partial charge in [0.2, 0.25) is 0 Å². The number of aromatic nitrogens is 5. The maximum absolute atomic E-state index is 14.0. The zero-order valence-corrected chi connectivity index (χ0v) is 21.6. The first-order chi connectivity index (χ1) is 17.8. The van der Waals surface area contributed by atoms with E-state index in [1.807, 2.05) is 0 Å². The maximum atomic E-state index is 14.0. The van der Waals surface area contributed by atoms with Crippen molar-refractivity contribution in [1.29, 1.82) is 0 Å². The molecule has 8 nitrogen and oxygen atoms in total. The summed E-state index contributed by atoms with van der Waals surface area (Å²) in [6, 6.07) is 9.62. The number of imidazole rings is 1. The van der Waals surface area contributed by atoms with Gasteiger partial charge in [-0.15, -0.1) is 5.10 Å². The molecule has 0 amide bonds.